The molecule has 1 aliphatic heterocycles. The summed E-state index contributed by atoms with van der Waals surface area (Å²) in [6, 6.07) is 34.7. The Kier molecular flexibility index (Phi) is 6.04. The highest BCUT2D eigenvalue weighted by atomic mass is 14.9. The molecule has 204 valence electrons. The van der Waals surface area contributed by atoms with E-state index in [0.717, 1.165) is 51.6 Å². The lowest BCUT2D eigenvalue weighted by atomic mass is 9.90. The van der Waals surface area contributed by atoms with Crippen molar-refractivity contribution in [2.24, 2.45) is 0 Å². The van der Waals surface area contributed by atoms with E-state index in [0.29, 0.717) is 0 Å². The molecular formula is C39H28N4. The lowest BCUT2D eigenvalue weighted by molar-refractivity contribution is 0.981. The zero-order valence-corrected chi connectivity index (χ0v) is 23.8. The van der Waals surface area contributed by atoms with Gasteiger partial charge >= 0.3 is 0 Å². The monoisotopic (exact) mass is 552 g/mol. The SMILES string of the molecule is Cc1ccc2c(c1)c1cc(-c3ccc(C4=CC=CCN4)nc3)ccc1c1ccc(-c3ccc(-c4ccccn4)nc3)cc12. The number of hydrogen-bond donors (Lipinski definition) is 1. The minimum Gasteiger partial charge on any atom is -0.380 e. The van der Waals surface area contributed by atoms with Crippen molar-refractivity contribution in [1.29, 1.82) is 0 Å². The van der Waals surface area contributed by atoms with E-state index < -0.39 is 0 Å². The van der Waals surface area contributed by atoms with Crippen LogP contribution < -0.4 is 5.32 Å². The number of dihydropyridines is 1. The Balaban J connectivity index is 1.24. The molecule has 7 aromatic rings. The van der Waals surface area contributed by atoms with E-state index >= 15 is 0 Å². The summed E-state index contributed by atoms with van der Waals surface area (Å²) >= 11 is 0. The van der Waals surface area contributed by atoms with Gasteiger partial charge in [-0.1, -0.05) is 78.4 Å². The summed E-state index contributed by atoms with van der Waals surface area (Å²) in [5, 5.41) is 10.9. The van der Waals surface area contributed by atoms with Crippen molar-refractivity contribution < 1.29 is 0 Å². The average Bonchev–Trinajstić information content (AvgIpc) is 3.09. The second kappa shape index (κ2) is 10.3. The van der Waals surface area contributed by atoms with Gasteiger partial charge in [-0.05, 0) is 92.8 Å². The van der Waals surface area contributed by atoms with Crippen molar-refractivity contribution in [3.8, 4) is 33.6 Å². The van der Waals surface area contributed by atoms with Gasteiger partial charge in [-0.3, -0.25) is 15.0 Å². The number of aryl methyl sites for hydroxylation is 1. The largest absolute Gasteiger partial charge is 0.380 e. The fourth-order valence-electron chi connectivity index (χ4n) is 6.07. The molecule has 0 aliphatic carbocycles. The average molecular weight is 553 g/mol. The third kappa shape index (κ3) is 4.54. The van der Waals surface area contributed by atoms with Gasteiger partial charge < -0.3 is 5.32 Å². The van der Waals surface area contributed by atoms with Gasteiger partial charge in [0.15, 0.2) is 0 Å². The Morgan fingerprint density at radius 2 is 1.14 bits per heavy atom. The van der Waals surface area contributed by atoms with Crippen LogP contribution in [-0.2, 0) is 0 Å². The van der Waals surface area contributed by atoms with Gasteiger partial charge in [-0.25, -0.2) is 0 Å². The summed E-state index contributed by atoms with van der Waals surface area (Å²) in [7, 11) is 0. The maximum atomic E-state index is 4.77. The molecule has 4 heterocycles. The predicted octanol–water partition coefficient (Wildman–Crippen LogP) is 9.14. The maximum absolute atomic E-state index is 4.77. The first-order chi connectivity index (χ1) is 21.2. The molecule has 0 fully saturated rings. The first kappa shape index (κ1) is 25.1. The molecule has 4 aromatic carbocycles. The first-order valence-corrected chi connectivity index (χ1v) is 14.6. The van der Waals surface area contributed by atoms with Crippen LogP contribution in [0.1, 0.15) is 11.3 Å². The summed E-state index contributed by atoms with van der Waals surface area (Å²) in [4.78, 5) is 13.9. The van der Waals surface area contributed by atoms with Crippen LogP contribution in [0.25, 0.3) is 71.7 Å². The van der Waals surface area contributed by atoms with Gasteiger partial charge in [0.05, 0.1) is 22.8 Å². The molecule has 4 nitrogen and oxygen atoms in total. The molecule has 0 bridgehead atoms. The van der Waals surface area contributed by atoms with Crippen molar-refractivity contribution in [2.45, 2.75) is 6.92 Å². The van der Waals surface area contributed by atoms with Crippen LogP contribution in [0.15, 0.2) is 134 Å². The summed E-state index contributed by atoms with van der Waals surface area (Å²) in [6.07, 6.45) is 12.0. The van der Waals surface area contributed by atoms with E-state index in [1.54, 1.807) is 6.20 Å². The zero-order valence-electron chi connectivity index (χ0n) is 23.8. The van der Waals surface area contributed by atoms with Gasteiger partial charge in [0.1, 0.15) is 0 Å². The predicted molar refractivity (Wildman–Crippen MR) is 179 cm³/mol. The van der Waals surface area contributed by atoms with E-state index in [1.165, 1.54) is 37.9 Å². The Bertz CT molecular complexity index is 2210. The summed E-state index contributed by atoms with van der Waals surface area (Å²) in [5.41, 5.74) is 9.51. The molecular weight excluding hydrogens is 524 g/mol. The van der Waals surface area contributed by atoms with Crippen LogP contribution in [0.3, 0.4) is 0 Å². The number of rotatable bonds is 4. The van der Waals surface area contributed by atoms with Crippen LogP contribution in [0.4, 0.5) is 0 Å². The molecule has 4 heteroatoms. The van der Waals surface area contributed by atoms with Gasteiger partial charge in [0, 0.05) is 36.3 Å². The standard InChI is InChI=1S/C39H28N4/c1-25-8-13-32-33(20-25)35-22-27(29-12-17-39(43-24-29)37-7-3-5-19-41-37)10-15-31(35)30-14-9-26(21-34(30)32)28-11-16-38(42-23-28)36-6-2-4-18-40-36/h2-18,20-24,41H,19H2,1H3. The van der Waals surface area contributed by atoms with E-state index in [4.69, 9.17) is 9.97 Å². The Labute approximate surface area is 250 Å². The molecule has 1 N–H and O–H groups in total. The molecule has 3 aromatic heterocycles. The highest BCUT2D eigenvalue weighted by molar-refractivity contribution is 6.26. The Hall–Kier alpha value is -5.61. The Morgan fingerprint density at radius 3 is 1.77 bits per heavy atom. The number of aromatic nitrogens is 3. The van der Waals surface area contributed by atoms with Crippen molar-refractivity contribution in [3.05, 3.63) is 145 Å². The van der Waals surface area contributed by atoms with Crippen LogP contribution in [0.5, 0.6) is 0 Å². The fraction of sp³-hybridized carbons (Fsp3) is 0.0513. The van der Waals surface area contributed by atoms with Crippen molar-refractivity contribution >= 4 is 38.0 Å². The lowest BCUT2D eigenvalue weighted by Gasteiger charge is -2.15. The van der Waals surface area contributed by atoms with Crippen molar-refractivity contribution in [2.75, 3.05) is 6.54 Å². The third-order valence-corrected chi connectivity index (χ3v) is 8.29. The van der Waals surface area contributed by atoms with Gasteiger partial charge in [-0.15, -0.1) is 0 Å². The minimum absolute atomic E-state index is 0.830. The number of pyridine rings is 3. The molecule has 1 aliphatic rings. The number of allylic oxidation sites excluding steroid dienone is 2. The molecule has 43 heavy (non-hydrogen) atoms. The first-order valence-electron chi connectivity index (χ1n) is 14.6. The van der Waals surface area contributed by atoms with E-state index in [-0.39, 0.29) is 0 Å². The number of hydrogen-bond acceptors (Lipinski definition) is 4. The van der Waals surface area contributed by atoms with Gasteiger partial charge in [0.2, 0.25) is 0 Å². The van der Waals surface area contributed by atoms with Crippen molar-refractivity contribution in [3.63, 3.8) is 0 Å². The van der Waals surface area contributed by atoms with E-state index in [9.17, 15) is 0 Å². The lowest BCUT2D eigenvalue weighted by Crippen LogP contribution is -2.15. The van der Waals surface area contributed by atoms with Crippen LogP contribution in [0, 0.1) is 6.92 Å². The highest BCUT2D eigenvalue weighted by Crippen LogP contribution is 2.39. The third-order valence-electron chi connectivity index (χ3n) is 8.29. The maximum Gasteiger partial charge on any atom is 0.0886 e. The second-order valence-electron chi connectivity index (χ2n) is 11.0. The zero-order chi connectivity index (χ0) is 28.8. The summed E-state index contributed by atoms with van der Waals surface area (Å²) in [5.74, 6) is 0. The van der Waals surface area contributed by atoms with E-state index in [1.807, 2.05) is 36.7 Å². The van der Waals surface area contributed by atoms with Crippen LogP contribution >= 0.6 is 0 Å². The Morgan fingerprint density at radius 1 is 0.535 bits per heavy atom. The second-order valence-corrected chi connectivity index (χ2v) is 11.0. The topological polar surface area (TPSA) is 50.7 Å². The highest BCUT2D eigenvalue weighted by Gasteiger charge is 2.13. The molecule has 8 rings (SSSR count). The molecule has 0 amide bonds. The molecule has 0 saturated heterocycles. The minimum atomic E-state index is 0.830. The number of nitrogens with zero attached hydrogens (tertiary/aromatic N) is 3. The molecule has 0 radical (unpaired) electrons. The molecule has 0 spiro atoms. The van der Waals surface area contributed by atoms with Crippen molar-refractivity contribution in [1.82, 2.24) is 20.3 Å². The van der Waals surface area contributed by atoms with Crippen LogP contribution in [-0.4, -0.2) is 21.5 Å². The normalized spacial score (nSPS) is 12.9. The van der Waals surface area contributed by atoms with Crippen LogP contribution in [0.2, 0.25) is 0 Å². The number of nitrogens with one attached hydrogen (secondary N) is 1. The van der Waals surface area contributed by atoms with Gasteiger partial charge in [0.25, 0.3) is 0 Å². The summed E-state index contributed by atoms with van der Waals surface area (Å²) in [6.45, 7) is 2.99. The molecule has 0 atom stereocenters. The number of benzene rings is 4. The smallest absolute Gasteiger partial charge is 0.0886 e. The fourth-order valence-corrected chi connectivity index (χ4v) is 6.07. The summed E-state index contributed by atoms with van der Waals surface area (Å²) < 4.78 is 0. The van der Waals surface area contributed by atoms with Gasteiger partial charge in [-0.2, -0.15) is 0 Å². The van der Waals surface area contributed by atoms with E-state index in [2.05, 4.69) is 108 Å². The quantitative estimate of drug-likeness (QED) is 0.221. The molecule has 0 saturated carbocycles. The number of fused-ring (bicyclic) bond motifs is 6. The molecule has 0 unspecified atom stereocenters.